The Bertz CT molecular complexity index is 645. The number of aryl methyl sites for hydroxylation is 1. The van der Waals surface area contributed by atoms with E-state index in [1.165, 1.54) is 12.8 Å². The third-order valence-corrected chi connectivity index (χ3v) is 3.98. The van der Waals surface area contributed by atoms with Gasteiger partial charge in [-0.15, -0.1) is 0 Å². The molecule has 0 bridgehead atoms. The molecule has 0 radical (unpaired) electrons. The number of nitrogens with zero attached hydrogens (tertiary/aromatic N) is 3. The van der Waals surface area contributed by atoms with Crippen molar-refractivity contribution < 1.29 is 4.79 Å². The van der Waals surface area contributed by atoms with Gasteiger partial charge in [0.05, 0.1) is 6.20 Å². The highest BCUT2D eigenvalue weighted by Crippen LogP contribution is 2.19. The quantitative estimate of drug-likeness (QED) is 0.909. The van der Waals surface area contributed by atoms with Gasteiger partial charge in [-0.2, -0.15) is 5.10 Å². The summed E-state index contributed by atoms with van der Waals surface area (Å²) in [5.74, 6) is 0. The fourth-order valence-electron chi connectivity index (χ4n) is 2.80. The fourth-order valence-corrected chi connectivity index (χ4v) is 2.80. The normalized spacial score (nSPS) is 15.0. The summed E-state index contributed by atoms with van der Waals surface area (Å²) in [6, 6.07) is 2.26. The summed E-state index contributed by atoms with van der Waals surface area (Å²) in [5.41, 5.74) is 3.00. The molecular formula is C16H21N5O. The van der Waals surface area contributed by atoms with E-state index >= 15 is 0 Å². The van der Waals surface area contributed by atoms with Gasteiger partial charge in [-0.1, -0.05) is 12.8 Å². The fraction of sp³-hybridized carbons (Fsp3) is 0.438. The van der Waals surface area contributed by atoms with E-state index in [9.17, 15) is 4.79 Å². The maximum atomic E-state index is 11.9. The molecule has 0 unspecified atom stereocenters. The molecule has 1 fully saturated rings. The second-order valence-electron chi connectivity index (χ2n) is 5.79. The molecule has 1 aliphatic rings. The van der Waals surface area contributed by atoms with Gasteiger partial charge in [0.1, 0.15) is 0 Å². The summed E-state index contributed by atoms with van der Waals surface area (Å²) in [6.07, 6.45) is 11.9. The number of hydrogen-bond acceptors (Lipinski definition) is 3. The largest absolute Gasteiger partial charge is 0.335 e. The number of rotatable bonds is 4. The SMILES string of the molecule is Cn1cc(-c2cncc(CNC(=O)NC3CCCC3)c2)cn1. The van der Waals surface area contributed by atoms with Crippen LogP contribution in [-0.2, 0) is 13.6 Å². The maximum absolute atomic E-state index is 11.9. The zero-order valence-corrected chi connectivity index (χ0v) is 12.7. The minimum atomic E-state index is -0.0984. The minimum Gasteiger partial charge on any atom is -0.335 e. The number of pyridine rings is 1. The van der Waals surface area contributed by atoms with Crippen LogP contribution in [0.4, 0.5) is 4.79 Å². The summed E-state index contributed by atoms with van der Waals surface area (Å²) < 4.78 is 1.76. The van der Waals surface area contributed by atoms with Crippen molar-refractivity contribution in [3.05, 3.63) is 36.4 Å². The van der Waals surface area contributed by atoms with Crippen molar-refractivity contribution in [2.24, 2.45) is 7.05 Å². The first-order chi connectivity index (χ1) is 10.7. The summed E-state index contributed by atoms with van der Waals surface area (Å²) in [6.45, 7) is 0.472. The van der Waals surface area contributed by atoms with E-state index in [0.29, 0.717) is 12.6 Å². The van der Waals surface area contributed by atoms with Crippen LogP contribution in [0.3, 0.4) is 0 Å². The molecule has 1 aliphatic carbocycles. The lowest BCUT2D eigenvalue weighted by molar-refractivity contribution is 0.236. The number of carbonyl (C=O) groups is 1. The van der Waals surface area contributed by atoms with Crippen molar-refractivity contribution in [3.63, 3.8) is 0 Å². The third-order valence-electron chi connectivity index (χ3n) is 3.98. The van der Waals surface area contributed by atoms with E-state index in [2.05, 4.69) is 20.7 Å². The van der Waals surface area contributed by atoms with Crippen molar-refractivity contribution in [1.82, 2.24) is 25.4 Å². The Morgan fingerprint density at radius 2 is 2.09 bits per heavy atom. The highest BCUT2D eigenvalue weighted by molar-refractivity contribution is 5.74. The van der Waals surface area contributed by atoms with Crippen LogP contribution in [0, 0.1) is 0 Å². The summed E-state index contributed by atoms with van der Waals surface area (Å²) in [4.78, 5) is 16.1. The predicted octanol–water partition coefficient (Wildman–Crippen LogP) is 2.22. The Labute approximate surface area is 129 Å². The van der Waals surface area contributed by atoms with Crippen molar-refractivity contribution in [2.75, 3.05) is 0 Å². The molecule has 2 amide bonds. The van der Waals surface area contributed by atoms with Crippen molar-refractivity contribution in [3.8, 4) is 11.1 Å². The monoisotopic (exact) mass is 299 g/mol. The second kappa shape index (κ2) is 6.60. The van der Waals surface area contributed by atoms with Crippen molar-refractivity contribution in [1.29, 1.82) is 0 Å². The van der Waals surface area contributed by atoms with E-state index in [1.54, 1.807) is 23.3 Å². The third kappa shape index (κ3) is 3.63. The van der Waals surface area contributed by atoms with Gasteiger partial charge in [0.2, 0.25) is 0 Å². The van der Waals surface area contributed by atoms with Gasteiger partial charge in [-0.3, -0.25) is 9.67 Å². The average Bonchev–Trinajstić information content (AvgIpc) is 3.17. The molecule has 22 heavy (non-hydrogen) atoms. The molecule has 2 aromatic rings. The first kappa shape index (κ1) is 14.6. The number of urea groups is 1. The zero-order valence-electron chi connectivity index (χ0n) is 12.7. The lowest BCUT2D eigenvalue weighted by atomic mass is 10.1. The molecule has 1 saturated carbocycles. The molecule has 0 spiro atoms. The van der Waals surface area contributed by atoms with Crippen LogP contribution in [-0.4, -0.2) is 26.8 Å². The Hall–Kier alpha value is -2.37. The molecule has 3 rings (SSSR count). The average molecular weight is 299 g/mol. The molecular weight excluding hydrogens is 278 g/mol. The van der Waals surface area contributed by atoms with Crippen molar-refractivity contribution in [2.45, 2.75) is 38.3 Å². The van der Waals surface area contributed by atoms with Gasteiger partial charge in [0, 0.05) is 49.4 Å². The smallest absolute Gasteiger partial charge is 0.315 e. The second-order valence-corrected chi connectivity index (χ2v) is 5.79. The molecule has 6 nitrogen and oxygen atoms in total. The van der Waals surface area contributed by atoms with Gasteiger partial charge in [-0.25, -0.2) is 4.79 Å². The molecule has 116 valence electrons. The van der Waals surface area contributed by atoms with Crippen LogP contribution in [0.15, 0.2) is 30.9 Å². The molecule has 0 saturated heterocycles. The summed E-state index contributed by atoms with van der Waals surface area (Å²) in [7, 11) is 1.88. The summed E-state index contributed by atoms with van der Waals surface area (Å²) in [5, 5.41) is 10.1. The lowest BCUT2D eigenvalue weighted by Gasteiger charge is -2.13. The van der Waals surface area contributed by atoms with Crippen LogP contribution in [0.25, 0.3) is 11.1 Å². The maximum Gasteiger partial charge on any atom is 0.315 e. The van der Waals surface area contributed by atoms with Crippen molar-refractivity contribution >= 4 is 6.03 Å². The first-order valence-electron chi connectivity index (χ1n) is 7.68. The Kier molecular flexibility index (Phi) is 4.37. The van der Waals surface area contributed by atoms with Gasteiger partial charge >= 0.3 is 6.03 Å². The highest BCUT2D eigenvalue weighted by Gasteiger charge is 2.16. The first-order valence-corrected chi connectivity index (χ1v) is 7.68. The molecule has 2 aromatic heterocycles. The van der Waals surface area contributed by atoms with Crippen LogP contribution in [0.1, 0.15) is 31.2 Å². The van der Waals surface area contributed by atoms with E-state index in [0.717, 1.165) is 29.5 Å². The van der Waals surface area contributed by atoms with Crippen LogP contribution in [0.2, 0.25) is 0 Å². The molecule has 2 heterocycles. The van der Waals surface area contributed by atoms with Gasteiger partial charge in [-0.05, 0) is 24.5 Å². The van der Waals surface area contributed by atoms with E-state index < -0.39 is 0 Å². The topological polar surface area (TPSA) is 71.8 Å². The number of hydrogen-bond donors (Lipinski definition) is 2. The minimum absolute atomic E-state index is 0.0984. The zero-order chi connectivity index (χ0) is 15.4. The number of aromatic nitrogens is 3. The molecule has 0 aliphatic heterocycles. The van der Waals surface area contributed by atoms with Crippen LogP contribution < -0.4 is 10.6 Å². The lowest BCUT2D eigenvalue weighted by Crippen LogP contribution is -2.40. The highest BCUT2D eigenvalue weighted by atomic mass is 16.2. The molecule has 2 N–H and O–H groups in total. The number of nitrogens with one attached hydrogen (secondary N) is 2. The van der Waals surface area contributed by atoms with Crippen LogP contribution >= 0.6 is 0 Å². The standard InChI is InChI=1S/C16H21N5O/c1-21-11-14(10-19-21)13-6-12(7-17-9-13)8-18-16(22)20-15-4-2-3-5-15/h6-7,9-11,15H,2-5,8H2,1H3,(H2,18,20,22). The van der Waals surface area contributed by atoms with E-state index in [4.69, 9.17) is 0 Å². The Morgan fingerprint density at radius 1 is 1.27 bits per heavy atom. The van der Waals surface area contributed by atoms with E-state index in [-0.39, 0.29) is 6.03 Å². The predicted molar refractivity (Wildman–Crippen MR) is 84.1 cm³/mol. The van der Waals surface area contributed by atoms with Gasteiger partial charge in [0.25, 0.3) is 0 Å². The van der Waals surface area contributed by atoms with Gasteiger partial charge < -0.3 is 10.6 Å². The number of carbonyl (C=O) groups excluding carboxylic acids is 1. The Morgan fingerprint density at radius 3 is 2.82 bits per heavy atom. The van der Waals surface area contributed by atoms with E-state index in [1.807, 2.05) is 19.3 Å². The summed E-state index contributed by atoms with van der Waals surface area (Å²) >= 11 is 0. The van der Waals surface area contributed by atoms with Crippen LogP contribution in [0.5, 0.6) is 0 Å². The number of amides is 2. The molecule has 0 atom stereocenters. The molecule has 6 heteroatoms. The van der Waals surface area contributed by atoms with Gasteiger partial charge in [0.15, 0.2) is 0 Å². The Balaban J connectivity index is 1.57. The molecule has 0 aromatic carbocycles.